The molecule has 3 rings (SSSR count). The van der Waals surface area contributed by atoms with Gasteiger partial charge in [0.25, 0.3) is 0 Å². The van der Waals surface area contributed by atoms with Crippen LogP contribution in [0.15, 0.2) is 82.6 Å². The van der Waals surface area contributed by atoms with Crippen molar-refractivity contribution in [1.82, 2.24) is 0 Å². The lowest BCUT2D eigenvalue weighted by Gasteiger charge is -2.11. The average Bonchev–Trinajstić information content (AvgIpc) is 2.64. The van der Waals surface area contributed by atoms with Crippen LogP contribution < -0.4 is 0 Å². The van der Waals surface area contributed by atoms with E-state index in [0.29, 0.717) is 20.7 Å². The SMILES string of the molecule is O=S(=O)(c1ccc(Cl)cc1)c1ccccc1CSCc1ccc(Cl)cc1. The Morgan fingerprint density at radius 2 is 1.31 bits per heavy atom. The largest absolute Gasteiger partial charge is 0.219 e. The van der Waals surface area contributed by atoms with Crippen LogP contribution in [0.3, 0.4) is 0 Å². The molecule has 2 nitrogen and oxygen atoms in total. The Hall–Kier alpha value is -1.46. The lowest BCUT2D eigenvalue weighted by atomic mass is 10.2. The molecule has 6 heteroatoms. The number of hydrogen-bond acceptors (Lipinski definition) is 3. The summed E-state index contributed by atoms with van der Waals surface area (Å²) in [5, 5.41) is 1.22. The lowest BCUT2D eigenvalue weighted by molar-refractivity contribution is 0.595. The van der Waals surface area contributed by atoms with Gasteiger partial charge in [-0.2, -0.15) is 11.8 Å². The zero-order valence-electron chi connectivity index (χ0n) is 13.7. The van der Waals surface area contributed by atoms with Gasteiger partial charge in [-0.05, 0) is 53.6 Å². The predicted molar refractivity (Wildman–Crippen MR) is 110 cm³/mol. The number of hydrogen-bond donors (Lipinski definition) is 0. The normalized spacial score (nSPS) is 11.5. The average molecular weight is 423 g/mol. The van der Waals surface area contributed by atoms with Crippen molar-refractivity contribution >= 4 is 44.8 Å². The summed E-state index contributed by atoms with van der Waals surface area (Å²) in [5.41, 5.74) is 1.94. The molecule has 0 saturated carbocycles. The van der Waals surface area contributed by atoms with E-state index in [-0.39, 0.29) is 4.90 Å². The second-order valence-corrected chi connectivity index (χ2v) is 9.46. The van der Waals surface area contributed by atoms with Crippen LogP contribution in [-0.2, 0) is 21.3 Å². The van der Waals surface area contributed by atoms with E-state index in [1.165, 1.54) is 12.1 Å². The third-order valence-corrected chi connectivity index (χ3v) is 7.25. The first-order valence-corrected chi connectivity index (χ1v) is 11.3. The molecule has 0 aliphatic heterocycles. The summed E-state index contributed by atoms with van der Waals surface area (Å²) in [6.45, 7) is 0. The maximum absolute atomic E-state index is 13.0. The molecule has 134 valence electrons. The van der Waals surface area contributed by atoms with Gasteiger partial charge in [0, 0.05) is 21.6 Å². The fourth-order valence-corrected chi connectivity index (χ4v) is 5.32. The van der Waals surface area contributed by atoms with Crippen LogP contribution >= 0.6 is 35.0 Å². The van der Waals surface area contributed by atoms with Gasteiger partial charge in [-0.1, -0.05) is 53.5 Å². The Kier molecular flexibility index (Phi) is 6.30. The summed E-state index contributed by atoms with van der Waals surface area (Å²) in [5.74, 6) is 1.39. The smallest absolute Gasteiger partial charge is 0.206 e. The standard InChI is InChI=1S/C20H16Cl2O2S2/c21-17-7-5-15(6-8-17)13-25-14-16-3-1-2-4-20(16)26(23,24)19-11-9-18(22)10-12-19/h1-12H,13-14H2. The Labute approximate surface area is 168 Å². The summed E-state index contributed by atoms with van der Waals surface area (Å²) in [7, 11) is -3.58. The number of thioether (sulfide) groups is 1. The topological polar surface area (TPSA) is 34.1 Å². The lowest BCUT2D eigenvalue weighted by Crippen LogP contribution is -2.05. The predicted octanol–water partition coefficient (Wildman–Crippen LogP) is 6.26. The molecule has 0 amide bonds. The van der Waals surface area contributed by atoms with Gasteiger partial charge in [0.1, 0.15) is 0 Å². The molecular formula is C20H16Cl2O2S2. The molecular weight excluding hydrogens is 407 g/mol. The van der Waals surface area contributed by atoms with Gasteiger partial charge in [0.2, 0.25) is 9.84 Å². The Bertz CT molecular complexity index is 983. The highest BCUT2D eigenvalue weighted by Gasteiger charge is 2.20. The molecule has 3 aromatic carbocycles. The van der Waals surface area contributed by atoms with E-state index < -0.39 is 9.84 Å². The quantitative estimate of drug-likeness (QED) is 0.469. The third-order valence-electron chi connectivity index (χ3n) is 3.83. The minimum atomic E-state index is -3.58. The van der Waals surface area contributed by atoms with E-state index in [4.69, 9.17) is 23.2 Å². The van der Waals surface area contributed by atoms with Gasteiger partial charge in [0.15, 0.2) is 0 Å². The van der Waals surface area contributed by atoms with Crippen molar-refractivity contribution in [3.63, 3.8) is 0 Å². The molecule has 26 heavy (non-hydrogen) atoms. The van der Waals surface area contributed by atoms with Crippen LogP contribution in [0.2, 0.25) is 10.0 Å². The van der Waals surface area contributed by atoms with Crippen molar-refractivity contribution in [2.24, 2.45) is 0 Å². The molecule has 0 aliphatic rings. The zero-order valence-corrected chi connectivity index (χ0v) is 16.9. The Morgan fingerprint density at radius 3 is 1.96 bits per heavy atom. The molecule has 0 fully saturated rings. The summed E-state index contributed by atoms with van der Waals surface area (Å²) in [6.07, 6.45) is 0. The molecule has 0 atom stereocenters. The second kappa shape index (κ2) is 8.49. The van der Waals surface area contributed by atoms with Crippen LogP contribution in [0.25, 0.3) is 0 Å². The molecule has 0 saturated heterocycles. The van der Waals surface area contributed by atoms with E-state index in [1.54, 1.807) is 36.0 Å². The number of benzene rings is 3. The van der Waals surface area contributed by atoms with Crippen molar-refractivity contribution < 1.29 is 8.42 Å². The number of halogens is 2. The van der Waals surface area contributed by atoms with E-state index in [1.807, 2.05) is 36.4 Å². The highest BCUT2D eigenvalue weighted by Crippen LogP contribution is 2.28. The minimum absolute atomic E-state index is 0.247. The summed E-state index contributed by atoms with van der Waals surface area (Å²) >= 11 is 13.4. The van der Waals surface area contributed by atoms with Crippen LogP contribution in [0.4, 0.5) is 0 Å². The van der Waals surface area contributed by atoms with Crippen LogP contribution in [0.5, 0.6) is 0 Å². The van der Waals surface area contributed by atoms with E-state index >= 15 is 0 Å². The maximum atomic E-state index is 13.0. The van der Waals surface area contributed by atoms with Gasteiger partial charge in [0.05, 0.1) is 9.79 Å². The molecule has 0 bridgehead atoms. The molecule has 0 spiro atoms. The monoisotopic (exact) mass is 422 g/mol. The van der Waals surface area contributed by atoms with Gasteiger partial charge >= 0.3 is 0 Å². The van der Waals surface area contributed by atoms with Crippen LogP contribution in [0, 0.1) is 0 Å². The van der Waals surface area contributed by atoms with Crippen LogP contribution in [0.1, 0.15) is 11.1 Å². The summed E-state index contributed by atoms with van der Waals surface area (Å²) < 4.78 is 25.9. The van der Waals surface area contributed by atoms with Crippen molar-refractivity contribution in [1.29, 1.82) is 0 Å². The van der Waals surface area contributed by atoms with E-state index in [0.717, 1.165) is 16.9 Å². The van der Waals surface area contributed by atoms with Crippen molar-refractivity contribution in [3.05, 3.63) is 94.0 Å². The van der Waals surface area contributed by atoms with Crippen molar-refractivity contribution in [3.8, 4) is 0 Å². The minimum Gasteiger partial charge on any atom is -0.219 e. The first-order chi connectivity index (χ1) is 12.5. The van der Waals surface area contributed by atoms with Crippen molar-refractivity contribution in [2.45, 2.75) is 21.3 Å². The third kappa shape index (κ3) is 4.63. The summed E-state index contributed by atoms with van der Waals surface area (Å²) in [4.78, 5) is 0.586. The molecule has 0 aromatic heterocycles. The van der Waals surface area contributed by atoms with Gasteiger partial charge in [-0.15, -0.1) is 0 Å². The molecule has 0 aliphatic carbocycles. The van der Waals surface area contributed by atoms with E-state index in [9.17, 15) is 8.42 Å². The maximum Gasteiger partial charge on any atom is 0.206 e. The number of rotatable bonds is 6. The highest BCUT2D eigenvalue weighted by atomic mass is 35.5. The molecule has 0 unspecified atom stereocenters. The van der Waals surface area contributed by atoms with Gasteiger partial charge in [-0.25, -0.2) is 8.42 Å². The molecule has 0 N–H and O–H groups in total. The zero-order chi connectivity index (χ0) is 18.6. The number of sulfone groups is 1. The van der Waals surface area contributed by atoms with Crippen LogP contribution in [-0.4, -0.2) is 8.42 Å². The second-order valence-electron chi connectivity index (χ2n) is 5.68. The van der Waals surface area contributed by atoms with E-state index in [2.05, 4.69) is 0 Å². The van der Waals surface area contributed by atoms with Gasteiger partial charge in [-0.3, -0.25) is 0 Å². The first kappa shape index (κ1) is 19.3. The molecule has 0 heterocycles. The Balaban J connectivity index is 1.79. The fraction of sp³-hybridized carbons (Fsp3) is 0.100. The molecule has 3 aromatic rings. The van der Waals surface area contributed by atoms with Gasteiger partial charge < -0.3 is 0 Å². The Morgan fingerprint density at radius 1 is 0.731 bits per heavy atom. The fourth-order valence-electron chi connectivity index (χ4n) is 2.49. The summed E-state index contributed by atoms with van der Waals surface area (Å²) in [6, 6.07) is 21.0. The first-order valence-electron chi connectivity index (χ1n) is 7.87. The van der Waals surface area contributed by atoms with Crippen molar-refractivity contribution in [2.75, 3.05) is 0 Å². The molecule has 0 radical (unpaired) electrons. The highest BCUT2D eigenvalue weighted by molar-refractivity contribution is 7.97.